The van der Waals surface area contributed by atoms with Gasteiger partial charge in [0.05, 0.1) is 0 Å². The van der Waals surface area contributed by atoms with Crippen molar-refractivity contribution < 1.29 is 9.53 Å². The van der Waals surface area contributed by atoms with E-state index in [1.807, 2.05) is 29.0 Å². The first-order chi connectivity index (χ1) is 9.63. The molecule has 0 amide bonds. The molecule has 0 unspecified atom stereocenters. The molecule has 1 aromatic rings. The molecule has 0 aromatic heterocycles. The number of rotatable bonds is 9. The van der Waals surface area contributed by atoms with Crippen LogP contribution >= 0.6 is 21.6 Å². The highest BCUT2D eigenvalue weighted by Gasteiger charge is 2.06. The first-order valence-electron chi connectivity index (χ1n) is 6.89. The average molecular weight is 313 g/mol. The van der Waals surface area contributed by atoms with Crippen LogP contribution < -0.4 is 5.32 Å². The predicted octanol–water partition coefficient (Wildman–Crippen LogP) is 3.88. The molecule has 0 aliphatic carbocycles. The molecule has 0 atom stereocenters. The van der Waals surface area contributed by atoms with Gasteiger partial charge in [0.25, 0.3) is 0 Å². The van der Waals surface area contributed by atoms with Crippen molar-refractivity contribution in [2.45, 2.75) is 44.7 Å². The fraction of sp³-hybridized carbons (Fsp3) is 0.533. The van der Waals surface area contributed by atoms with Gasteiger partial charge in [0.1, 0.15) is 6.61 Å². The fourth-order valence-electron chi connectivity index (χ4n) is 1.46. The summed E-state index contributed by atoms with van der Waals surface area (Å²) < 4.78 is 5.20. The number of hydrogen-bond donors (Lipinski definition) is 1. The van der Waals surface area contributed by atoms with E-state index in [0.717, 1.165) is 17.9 Å². The maximum absolute atomic E-state index is 11.2. The maximum Gasteiger partial charge on any atom is 0.305 e. The van der Waals surface area contributed by atoms with Crippen LogP contribution in [0.2, 0.25) is 0 Å². The van der Waals surface area contributed by atoms with Crippen molar-refractivity contribution in [1.29, 1.82) is 0 Å². The minimum atomic E-state index is -0.154. The summed E-state index contributed by atoms with van der Waals surface area (Å²) in [6, 6.07) is 8.60. The lowest BCUT2D eigenvalue weighted by Crippen LogP contribution is -2.24. The van der Waals surface area contributed by atoms with E-state index in [2.05, 4.69) is 25.2 Å². The van der Waals surface area contributed by atoms with Crippen LogP contribution in [0.3, 0.4) is 0 Å². The van der Waals surface area contributed by atoms with Gasteiger partial charge in [0.2, 0.25) is 0 Å². The smallest absolute Gasteiger partial charge is 0.305 e. The quantitative estimate of drug-likeness (QED) is 0.425. The number of nitrogens with one attached hydrogen (secondary N) is 1. The first kappa shape index (κ1) is 17.4. The van der Waals surface area contributed by atoms with Gasteiger partial charge in [-0.25, -0.2) is 0 Å². The van der Waals surface area contributed by atoms with Gasteiger partial charge in [0.15, 0.2) is 0 Å². The van der Waals surface area contributed by atoms with Crippen molar-refractivity contribution in [2.75, 3.05) is 12.3 Å². The molecule has 0 aliphatic rings. The second-order valence-corrected chi connectivity index (χ2v) is 7.09. The molecule has 1 aromatic carbocycles. The molecule has 112 valence electrons. The normalized spacial score (nSPS) is 10.8. The molecular formula is C15H23NO2S2. The Bertz CT molecular complexity index is 411. The van der Waals surface area contributed by atoms with Crippen LogP contribution in [-0.4, -0.2) is 24.3 Å². The van der Waals surface area contributed by atoms with E-state index in [9.17, 15) is 4.79 Å². The van der Waals surface area contributed by atoms with Crippen molar-refractivity contribution in [2.24, 2.45) is 0 Å². The number of carbonyl (C=O) groups excluding carboxylic acids is 1. The monoisotopic (exact) mass is 313 g/mol. The third-order valence-corrected chi connectivity index (χ3v) is 5.00. The molecule has 0 aliphatic heterocycles. The van der Waals surface area contributed by atoms with Gasteiger partial charge in [-0.2, -0.15) is 0 Å². The summed E-state index contributed by atoms with van der Waals surface area (Å²) in [5.41, 5.74) is 1.07. The van der Waals surface area contributed by atoms with Crippen LogP contribution in [0, 0.1) is 0 Å². The van der Waals surface area contributed by atoms with E-state index in [-0.39, 0.29) is 5.97 Å². The van der Waals surface area contributed by atoms with Crippen LogP contribution in [0.1, 0.15) is 32.8 Å². The lowest BCUT2D eigenvalue weighted by Gasteiger charge is -2.10. The molecule has 20 heavy (non-hydrogen) atoms. The van der Waals surface area contributed by atoms with E-state index >= 15 is 0 Å². The Hall–Kier alpha value is -0.650. The molecule has 0 radical (unpaired) electrons. The molecule has 0 fully saturated rings. The Morgan fingerprint density at radius 3 is 2.80 bits per heavy atom. The molecule has 0 spiro atoms. The fourth-order valence-corrected chi connectivity index (χ4v) is 3.61. The molecule has 1 rings (SSSR count). The topological polar surface area (TPSA) is 38.3 Å². The molecule has 5 heteroatoms. The van der Waals surface area contributed by atoms with Gasteiger partial charge in [-0.1, -0.05) is 60.6 Å². The average Bonchev–Trinajstić information content (AvgIpc) is 2.45. The van der Waals surface area contributed by atoms with E-state index in [4.69, 9.17) is 4.74 Å². The molecule has 3 nitrogen and oxygen atoms in total. The Morgan fingerprint density at radius 1 is 1.35 bits per heavy atom. The van der Waals surface area contributed by atoms with Gasteiger partial charge in [-0.05, 0) is 6.07 Å². The third kappa shape index (κ3) is 7.22. The lowest BCUT2D eigenvalue weighted by molar-refractivity contribution is -0.144. The minimum absolute atomic E-state index is 0.154. The maximum atomic E-state index is 11.2. The molecule has 0 saturated heterocycles. The zero-order valence-electron chi connectivity index (χ0n) is 12.3. The Kier molecular flexibility index (Phi) is 8.82. The largest absolute Gasteiger partial charge is 0.461 e. The van der Waals surface area contributed by atoms with Crippen molar-refractivity contribution in [1.82, 2.24) is 5.32 Å². The first-order valence-corrected chi connectivity index (χ1v) is 9.21. The molecule has 0 heterocycles. The number of ether oxygens (including phenoxy) is 1. The SMILES string of the molecule is CCC(=O)OCc1ccccc1SSCCNC(C)C. The highest BCUT2D eigenvalue weighted by molar-refractivity contribution is 8.76. The summed E-state index contributed by atoms with van der Waals surface area (Å²) in [6.07, 6.45) is 0.422. The van der Waals surface area contributed by atoms with Crippen LogP contribution in [0.5, 0.6) is 0 Å². The van der Waals surface area contributed by atoms with Crippen molar-refractivity contribution >= 4 is 27.6 Å². The zero-order valence-corrected chi connectivity index (χ0v) is 14.0. The minimum Gasteiger partial charge on any atom is -0.461 e. The summed E-state index contributed by atoms with van der Waals surface area (Å²) in [6.45, 7) is 7.47. The summed E-state index contributed by atoms with van der Waals surface area (Å²) in [5, 5.41) is 3.39. The van der Waals surface area contributed by atoms with Crippen molar-refractivity contribution in [3.8, 4) is 0 Å². The second-order valence-electron chi connectivity index (χ2n) is 4.64. The van der Waals surface area contributed by atoms with E-state index in [0.29, 0.717) is 19.1 Å². The molecular weight excluding hydrogens is 290 g/mol. The Morgan fingerprint density at radius 2 is 2.10 bits per heavy atom. The van der Waals surface area contributed by atoms with E-state index in [1.165, 1.54) is 4.90 Å². The number of esters is 1. The second kappa shape index (κ2) is 10.1. The molecule has 1 N–H and O–H groups in total. The highest BCUT2D eigenvalue weighted by Crippen LogP contribution is 2.33. The number of hydrogen-bond acceptors (Lipinski definition) is 5. The summed E-state index contributed by atoms with van der Waals surface area (Å²) in [5.74, 6) is 0.893. The van der Waals surface area contributed by atoms with Gasteiger partial charge in [0, 0.05) is 35.2 Å². The Balaban J connectivity index is 2.38. The zero-order chi connectivity index (χ0) is 14.8. The van der Waals surface area contributed by atoms with Gasteiger partial charge >= 0.3 is 5.97 Å². The predicted molar refractivity (Wildman–Crippen MR) is 88.0 cm³/mol. The number of benzene rings is 1. The van der Waals surface area contributed by atoms with Crippen molar-refractivity contribution in [3.63, 3.8) is 0 Å². The highest BCUT2D eigenvalue weighted by atomic mass is 33.1. The van der Waals surface area contributed by atoms with Crippen LogP contribution in [-0.2, 0) is 16.1 Å². The van der Waals surface area contributed by atoms with E-state index in [1.54, 1.807) is 17.7 Å². The summed E-state index contributed by atoms with van der Waals surface area (Å²) in [4.78, 5) is 12.4. The molecule has 0 bridgehead atoms. The Labute approximate surface area is 129 Å². The van der Waals surface area contributed by atoms with Crippen molar-refractivity contribution in [3.05, 3.63) is 29.8 Å². The van der Waals surface area contributed by atoms with Gasteiger partial charge in [-0.3, -0.25) is 4.79 Å². The standard InChI is InChI=1S/C15H23NO2S2/c1-4-15(17)18-11-13-7-5-6-8-14(13)20-19-10-9-16-12(2)3/h5-8,12,16H,4,9-11H2,1-3H3. The van der Waals surface area contributed by atoms with Crippen LogP contribution in [0.15, 0.2) is 29.2 Å². The lowest BCUT2D eigenvalue weighted by atomic mass is 10.2. The summed E-state index contributed by atoms with van der Waals surface area (Å²) in [7, 11) is 3.56. The van der Waals surface area contributed by atoms with Gasteiger partial charge in [-0.15, -0.1) is 0 Å². The number of carbonyl (C=O) groups is 1. The molecule has 0 saturated carbocycles. The van der Waals surface area contributed by atoms with E-state index < -0.39 is 0 Å². The van der Waals surface area contributed by atoms with Crippen LogP contribution in [0.4, 0.5) is 0 Å². The third-order valence-electron chi connectivity index (χ3n) is 2.54. The summed E-state index contributed by atoms with van der Waals surface area (Å²) >= 11 is 0. The van der Waals surface area contributed by atoms with Crippen LogP contribution in [0.25, 0.3) is 0 Å². The van der Waals surface area contributed by atoms with Gasteiger partial charge < -0.3 is 10.1 Å².